The fourth-order valence-electron chi connectivity index (χ4n) is 6.01. The topological polar surface area (TPSA) is 78.9 Å². The summed E-state index contributed by atoms with van der Waals surface area (Å²) in [6.07, 6.45) is 18.7. The molecule has 0 aliphatic rings. The van der Waals surface area contributed by atoms with Gasteiger partial charge in [-0.15, -0.1) is 0 Å². The van der Waals surface area contributed by atoms with Gasteiger partial charge in [-0.1, -0.05) is 97.8 Å². The first kappa shape index (κ1) is 45.3. The molecule has 0 heterocycles. The van der Waals surface area contributed by atoms with Crippen LogP contribution in [0.1, 0.15) is 130 Å². The molecule has 0 radical (unpaired) electrons. The van der Waals surface area contributed by atoms with Gasteiger partial charge in [0.2, 0.25) is 0 Å². The smallest absolute Gasteiger partial charge is 0.361 e. The van der Waals surface area contributed by atoms with E-state index in [-0.39, 0.29) is 17.9 Å². The number of rotatable bonds is 32. The highest BCUT2D eigenvalue weighted by atomic mass is 16.5. The van der Waals surface area contributed by atoms with E-state index in [2.05, 4.69) is 56.0 Å². The van der Waals surface area contributed by atoms with Crippen molar-refractivity contribution >= 4 is 17.9 Å². The Balaban J connectivity index is 4.94. The normalized spacial score (nSPS) is 12.3. The number of carbonyl (C=O) groups excluding carboxylic acids is 3. The molecule has 278 valence electrons. The van der Waals surface area contributed by atoms with Crippen LogP contribution in [0.2, 0.25) is 0 Å². The highest BCUT2D eigenvalue weighted by molar-refractivity contribution is 5.71. The number of unbranched alkanes of at least 4 members (excludes halogenated alkanes) is 12. The van der Waals surface area contributed by atoms with E-state index in [9.17, 15) is 14.4 Å². The van der Waals surface area contributed by atoms with Crippen LogP contribution < -0.4 is 0 Å². The van der Waals surface area contributed by atoms with Crippen LogP contribution in [0.25, 0.3) is 0 Å². The number of nitrogens with zero attached hydrogens (tertiary/aromatic N) is 3. The van der Waals surface area contributed by atoms with Crippen LogP contribution in [-0.4, -0.2) is 132 Å². The zero-order chi connectivity index (χ0) is 35.4. The van der Waals surface area contributed by atoms with Crippen LogP contribution in [0.5, 0.6) is 0 Å². The summed E-state index contributed by atoms with van der Waals surface area (Å²) in [6, 6.07) is 0. The molecule has 0 saturated carbocycles. The average molecular weight is 673 g/mol. The van der Waals surface area contributed by atoms with E-state index in [0.29, 0.717) is 52.9 Å². The van der Waals surface area contributed by atoms with E-state index in [1.54, 1.807) is 0 Å². The molecule has 0 spiro atoms. The Kier molecular flexibility index (Phi) is 26.2. The molecule has 9 nitrogen and oxygen atoms in total. The first-order valence-corrected chi connectivity index (χ1v) is 19.2. The molecule has 0 aromatic heterocycles. The molecular weight excluding hydrogens is 594 g/mol. The second-order valence-corrected chi connectivity index (χ2v) is 15.5. The van der Waals surface area contributed by atoms with Crippen LogP contribution >= 0.6 is 0 Å². The Morgan fingerprint density at radius 2 is 0.681 bits per heavy atom. The Labute approximate surface area is 290 Å². The van der Waals surface area contributed by atoms with Crippen molar-refractivity contribution in [3.05, 3.63) is 0 Å². The molecule has 0 unspecified atom stereocenters. The lowest BCUT2D eigenvalue weighted by atomic mass is 10.2. The molecule has 9 heteroatoms. The molecule has 0 atom stereocenters. The number of quaternary nitrogens is 3. The van der Waals surface area contributed by atoms with E-state index in [1.165, 1.54) is 57.8 Å². The van der Waals surface area contributed by atoms with Gasteiger partial charge in [0.05, 0.1) is 81.2 Å². The summed E-state index contributed by atoms with van der Waals surface area (Å²) in [5, 5.41) is 0. The molecule has 0 aliphatic heterocycles. The maximum absolute atomic E-state index is 13.0. The first-order valence-electron chi connectivity index (χ1n) is 19.2. The Morgan fingerprint density at radius 1 is 0.383 bits per heavy atom. The molecule has 0 N–H and O–H groups in total. The molecular formula is C38H78N3O6+3. The summed E-state index contributed by atoms with van der Waals surface area (Å²) in [5.41, 5.74) is 0. The van der Waals surface area contributed by atoms with Crippen LogP contribution in [-0.2, 0) is 28.6 Å². The van der Waals surface area contributed by atoms with Crippen molar-refractivity contribution in [2.75, 3.05) is 101 Å². The van der Waals surface area contributed by atoms with E-state index < -0.39 is 0 Å². The largest absolute Gasteiger partial charge is 0.462 e. The summed E-state index contributed by atoms with van der Waals surface area (Å²) < 4.78 is 18.4. The minimum atomic E-state index is -0.143. The van der Waals surface area contributed by atoms with Crippen LogP contribution in [0.3, 0.4) is 0 Å². The second-order valence-electron chi connectivity index (χ2n) is 15.5. The molecule has 0 bridgehead atoms. The number of carbonyl (C=O) groups is 3. The average Bonchev–Trinajstić information content (AvgIpc) is 2.97. The highest BCUT2D eigenvalue weighted by Gasteiger charge is 2.30. The number of hydrogen-bond donors (Lipinski definition) is 0. The van der Waals surface area contributed by atoms with E-state index in [0.717, 1.165) is 77.5 Å². The molecule has 0 fully saturated rings. The Hall–Kier alpha value is -1.71. The van der Waals surface area contributed by atoms with E-state index >= 15 is 0 Å². The van der Waals surface area contributed by atoms with Crippen molar-refractivity contribution in [1.29, 1.82) is 0 Å². The van der Waals surface area contributed by atoms with Crippen molar-refractivity contribution in [2.24, 2.45) is 0 Å². The maximum Gasteiger partial charge on any atom is 0.361 e. The van der Waals surface area contributed by atoms with Gasteiger partial charge in [0.1, 0.15) is 0 Å². The highest BCUT2D eigenvalue weighted by Crippen LogP contribution is 2.13. The number of ether oxygens (including phenoxy) is 3. The zero-order valence-electron chi connectivity index (χ0n) is 32.4. The van der Waals surface area contributed by atoms with Crippen LogP contribution in [0.15, 0.2) is 0 Å². The van der Waals surface area contributed by atoms with Gasteiger partial charge in [0.25, 0.3) is 0 Å². The standard InChI is InChI=1S/C38H78N3O6/c1-9-12-15-18-21-30-45-36(42)33-39(4,5)26-24-28-41(8,35-38(44)47-32-23-20-17-14-11-3)29-25-27-40(6,7)34-37(43)46-31-22-19-16-13-10-2/h9-35H2,1-8H3/q+3. The predicted octanol–water partition coefficient (Wildman–Crippen LogP) is 6.91. The number of hydrogen-bond acceptors (Lipinski definition) is 6. The summed E-state index contributed by atoms with van der Waals surface area (Å²) in [6.45, 7) is 12.4. The third-order valence-corrected chi connectivity index (χ3v) is 9.08. The van der Waals surface area contributed by atoms with Crippen molar-refractivity contribution in [3.8, 4) is 0 Å². The van der Waals surface area contributed by atoms with E-state index in [4.69, 9.17) is 14.2 Å². The van der Waals surface area contributed by atoms with Gasteiger partial charge in [0, 0.05) is 12.8 Å². The summed E-state index contributed by atoms with van der Waals surface area (Å²) in [7, 11) is 10.4. The van der Waals surface area contributed by atoms with Gasteiger partial charge in [-0.3, -0.25) is 0 Å². The third kappa shape index (κ3) is 27.9. The van der Waals surface area contributed by atoms with Crippen molar-refractivity contribution in [2.45, 2.75) is 130 Å². The SMILES string of the molecule is CCCCCCCOC(=O)C[N+](C)(C)CCC[N+](C)(CCC[N+](C)(C)CC(=O)OCCCCCCC)CC(=O)OCCCCCCC. The minimum absolute atomic E-state index is 0.139. The van der Waals surface area contributed by atoms with Crippen molar-refractivity contribution in [1.82, 2.24) is 0 Å². The van der Waals surface area contributed by atoms with Gasteiger partial charge >= 0.3 is 17.9 Å². The lowest BCUT2D eigenvalue weighted by molar-refractivity contribution is -0.921. The lowest BCUT2D eigenvalue weighted by Crippen LogP contribution is -2.53. The second kappa shape index (κ2) is 27.2. The van der Waals surface area contributed by atoms with Crippen LogP contribution in [0.4, 0.5) is 0 Å². The molecule has 0 aromatic carbocycles. The predicted molar refractivity (Wildman–Crippen MR) is 193 cm³/mol. The lowest BCUT2D eigenvalue weighted by Gasteiger charge is -2.36. The van der Waals surface area contributed by atoms with Crippen LogP contribution in [0, 0.1) is 0 Å². The molecule has 47 heavy (non-hydrogen) atoms. The fourth-order valence-corrected chi connectivity index (χ4v) is 6.01. The van der Waals surface area contributed by atoms with Gasteiger partial charge < -0.3 is 27.7 Å². The summed E-state index contributed by atoms with van der Waals surface area (Å²) >= 11 is 0. The summed E-state index contributed by atoms with van der Waals surface area (Å²) in [4.78, 5) is 38.0. The molecule has 0 rings (SSSR count). The quantitative estimate of drug-likeness (QED) is 0.0335. The first-order chi connectivity index (χ1) is 22.3. The van der Waals surface area contributed by atoms with Crippen molar-refractivity contribution in [3.63, 3.8) is 0 Å². The molecule has 0 amide bonds. The number of esters is 3. The Morgan fingerprint density at radius 3 is 1.00 bits per heavy atom. The van der Waals surface area contributed by atoms with Gasteiger partial charge in [-0.2, -0.15) is 0 Å². The maximum atomic E-state index is 13.0. The van der Waals surface area contributed by atoms with Gasteiger partial charge in [-0.25, -0.2) is 14.4 Å². The van der Waals surface area contributed by atoms with Crippen molar-refractivity contribution < 1.29 is 42.0 Å². The molecule has 0 aromatic rings. The van der Waals surface area contributed by atoms with Gasteiger partial charge in [0.15, 0.2) is 19.6 Å². The molecule has 0 saturated heterocycles. The number of likely N-dealkylation sites (N-methyl/N-ethyl adjacent to an activating group) is 3. The fraction of sp³-hybridized carbons (Fsp3) is 0.921. The Bertz CT molecular complexity index is 769. The zero-order valence-corrected chi connectivity index (χ0v) is 32.4. The van der Waals surface area contributed by atoms with E-state index in [1.807, 2.05) is 0 Å². The summed E-state index contributed by atoms with van der Waals surface area (Å²) in [5.74, 6) is -0.420. The third-order valence-electron chi connectivity index (χ3n) is 9.08. The minimum Gasteiger partial charge on any atom is -0.462 e. The monoisotopic (exact) mass is 673 g/mol. The van der Waals surface area contributed by atoms with Gasteiger partial charge in [-0.05, 0) is 19.3 Å². The molecule has 0 aliphatic carbocycles.